The fourth-order valence-electron chi connectivity index (χ4n) is 2.65. The molecule has 0 atom stereocenters. The van der Waals surface area contributed by atoms with Crippen molar-refractivity contribution in [3.05, 3.63) is 58.9 Å². The van der Waals surface area contributed by atoms with E-state index < -0.39 is 5.91 Å². The summed E-state index contributed by atoms with van der Waals surface area (Å²) >= 11 is 6.21. The second-order valence-corrected chi connectivity index (χ2v) is 6.21. The van der Waals surface area contributed by atoms with Gasteiger partial charge in [-0.2, -0.15) is 0 Å². The molecule has 1 N–H and O–H groups in total. The van der Waals surface area contributed by atoms with Crippen LogP contribution in [-0.4, -0.2) is 33.9 Å². The van der Waals surface area contributed by atoms with Crippen LogP contribution in [0.2, 0.25) is 5.02 Å². The lowest BCUT2D eigenvalue weighted by molar-refractivity contribution is 0.101. The second-order valence-electron chi connectivity index (χ2n) is 5.80. The van der Waals surface area contributed by atoms with E-state index in [2.05, 4.69) is 15.4 Å². The second kappa shape index (κ2) is 6.88. The minimum Gasteiger partial charge on any atom is -0.486 e. The molecule has 1 aromatic heterocycles. The van der Waals surface area contributed by atoms with Crippen molar-refractivity contribution in [1.29, 1.82) is 0 Å². The van der Waals surface area contributed by atoms with E-state index in [-0.39, 0.29) is 11.6 Å². The van der Waals surface area contributed by atoms with Crippen molar-refractivity contribution in [2.45, 2.75) is 6.92 Å². The third-order valence-electron chi connectivity index (χ3n) is 3.92. The molecule has 0 spiro atoms. The summed E-state index contributed by atoms with van der Waals surface area (Å²) in [6.45, 7) is 2.56. The van der Waals surface area contributed by atoms with Gasteiger partial charge in [-0.1, -0.05) is 11.6 Å². The number of aromatic nitrogens is 3. The lowest BCUT2D eigenvalue weighted by atomic mass is 10.2. The Morgan fingerprint density at radius 3 is 2.56 bits per heavy atom. The van der Waals surface area contributed by atoms with Crippen LogP contribution >= 0.6 is 11.6 Å². The molecule has 0 unspecified atom stereocenters. The maximum atomic E-state index is 13.1. The molecule has 9 heteroatoms. The Bertz CT molecular complexity index is 1020. The van der Waals surface area contributed by atoms with E-state index in [9.17, 15) is 9.18 Å². The van der Waals surface area contributed by atoms with E-state index in [1.54, 1.807) is 31.2 Å². The molecule has 7 nitrogen and oxygen atoms in total. The van der Waals surface area contributed by atoms with Gasteiger partial charge in [0.2, 0.25) is 5.82 Å². The number of hydrogen-bond donors (Lipinski definition) is 1. The number of rotatable bonds is 3. The first-order valence-electron chi connectivity index (χ1n) is 8.11. The molecule has 138 valence electrons. The highest BCUT2D eigenvalue weighted by molar-refractivity contribution is 6.34. The summed E-state index contributed by atoms with van der Waals surface area (Å²) in [4.78, 5) is 16.7. The fraction of sp³-hybridized carbons (Fsp3) is 0.167. The molecule has 1 amide bonds. The molecule has 1 aliphatic rings. The van der Waals surface area contributed by atoms with Crippen molar-refractivity contribution in [3.63, 3.8) is 0 Å². The van der Waals surface area contributed by atoms with Gasteiger partial charge in [0.25, 0.3) is 5.91 Å². The molecule has 1 aliphatic heterocycles. The lowest BCUT2D eigenvalue weighted by Gasteiger charge is -2.19. The van der Waals surface area contributed by atoms with Gasteiger partial charge in [-0.3, -0.25) is 4.79 Å². The van der Waals surface area contributed by atoms with Gasteiger partial charge >= 0.3 is 0 Å². The van der Waals surface area contributed by atoms with Crippen molar-refractivity contribution in [2.24, 2.45) is 0 Å². The lowest BCUT2D eigenvalue weighted by Crippen LogP contribution is -2.17. The van der Waals surface area contributed by atoms with Gasteiger partial charge in [0, 0.05) is 12.1 Å². The Kier molecular flexibility index (Phi) is 4.41. The first-order chi connectivity index (χ1) is 13.0. The molecule has 0 fully saturated rings. The van der Waals surface area contributed by atoms with Gasteiger partial charge in [-0.25, -0.2) is 14.1 Å². The van der Waals surface area contributed by atoms with Crippen LogP contribution in [0.1, 0.15) is 16.4 Å². The summed E-state index contributed by atoms with van der Waals surface area (Å²) in [5.41, 5.74) is 0.958. The molecule has 2 aromatic carbocycles. The smallest absolute Gasteiger partial charge is 0.295 e. The highest BCUT2D eigenvalue weighted by Gasteiger charge is 2.20. The largest absolute Gasteiger partial charge is 0.486 e. The van der Waals surface area contributed by atoms with Gasteiger partial charge in [-0.15, -0.1) is 5.10 Å². The summed E-state index contributed by atoms with van der Waals surface area (Å²) < 4.78 is 25.5. The van der Waals surface area contributed by atoms with Crippen LogP contribution in [0, 0.1) is 12.7 Å². The predicted octanol–water partition coefficient (Wildman–Crippen LogP) is 3.39. The zero-order valence-corrected chi connectivity index (χ0v) is 15.0. The van der Waals surface area contributed by atoms with E-state index >= 15 is 0 Å². The molecule has 0 radical (unpaired) electrons. The van der Waals surface area contributed by atoms with Crippen molar-refractivity contribution in [2.75, 3.05) is 18.5 Å². The van der Waals surface area contributed by atoms with E-state index in [0.717, 1.165) is 0 Å². The average Bonchev–Trinajstić information content (AvgIpc) is 3.05. The van der Waals surface area contributed by atoms with Gasteiger partial charge in [0.05, 0.1) is 16.4 Å². The fourth-order valence-corrected chi connectivity index (χ4v) is 2.85. The van der Waals surface area contributed by atoms with Crippen molar-refractivity contribution >= 4 is 23.2 Å². The first-order valence-corrected chi connectivity index (χ1v) is 8.49. The van der Waals surface area contributed by atoms with Gasteiger partial charge < -0.3 is 14.8 Å². The molecule has 4 rings (SSSR count). The number of nitrogens with zero attached hydrogens (tertiary/aromatic N) is 3. The van der Waals surface area contributed by atoms with Gasteiger partial charge in [0.15, 0.2) is 11.5 Å². The number of fused-ring (bicyclic) bond motifs is 1. The Labute approximate surface area is 158 Å². The molecule has 2 heterocycles. The predicted molar refractivity (Wildman–Crippen MR) is 96.4 cm³/mol. The van der Waals surface area contributed by atoms with E-state index in [0.29, 0.717) is 46.9 Å². The normalized spacial score (nSPS) is 12.7. The number of carbonyl (C=O) groups excluding carboxylic acids is 1. The first kappa shape index (κ1) is 17.3. The molecule has 0 saturated carbocycles. The molecule has 0 bridgehead atoms. The zero-order chi connectivity index (χ0) is 19.0. The van der Waals surface area contributed by atoms with Crippen LogP contribution < -0.4 is 14.8 Å². The number of anilines is 1. The summed E-state index contributed by atoms with van der Waals surface area (Å²) in [6.07, 6.45) is 0. The Morgan fingerprint density at radius 1 is 1.19 bits per heavy atom. The summed E-state index contributed by atoms with van der Waals surface area (Å²) in [7, 11) is 0. The number of nitrogens with one attached hydrogen (secondary N) is 1. The number of hydrogen-bond acceptors (Lipinski definition) is 5. The quantitative estimate of drug-likeness (QED) is 0.744. The Balaban J connectivity index is 1.59. The van der Waals surface area contributed by atoms with E-state index in [1.165, 1.54) is 16.8 Å². The van der Waals surface area contributed by atoms with Crippen molar-refractivity contribution < 1.29 is 18.7 Å². The molecule has 3 aromatic rings. The Hall–Kier alpha value is -3.13. The summed E-state index contributed by atoms with van der Waals surface area (Å²) in [5.74, 6) is 0.587. The van der Waals surface area contributed by atoms with Crippen LogP contribution in [0.4, 0.5) is 10.1 Å². The van der Waals surface area contributed by atoms with Crippen LogP contribution in [-0.2, 0) is 0 Å². The summed E-state index contributed by atoms with van der Waals surface area (Å²) in [6, 6.07) is 8.91. The number of ether oxygens (including phenoxy) is 2. The third-order valence-corrected chi connectivity index (χ3v) is 4.24. The van der Waals surface area contributed by atoms with Crippen LogP contribution in [0.25, 0.3) is 5.69 Å². The molecule has 0 aliphatic carbocycles. The number of halogens is 2. The standard InChI is InChI=1S/C18H14ClFN4O3/c1-10-21-17(23-24(10)12-4-2-11(20)3-5-12)18(25)22-14-9-16-15(8-13(14)19)26-6-7-27-16/h2-5,8-9H,6-7H2,1H3,(H,22,25). The number of carbonyl (C=O) groups is 1. The average molecular weight is 389 g/mol. The summed E-state index contributed by atoms with van der Waals surface area (Å²) in [5, 5.41) is 7.18. The number of benzene rings is 2. The van der Waals surface area contributed by atoms with E-state index in [4.69, 9.17) is 21.1 Å². The van der Waals surface area contributed by atoms with Crippen LogP contribution in [0.15, 0.2) is 36.4 Å². The van der Waals surface area contributed by atoms with Gasteiger partial charge in [0.1, 0.15) is 24.9 Å². The third kappa shape index (κ3) is 3.43. The zero-order valence-electron chi connectivity index (χ0n) is 14.2. The van der Waals surface area contributed by atoms with Crippen LogP contribution in [0.5, 0.6) is 11.5 Å². The highest BCUT2D eigenvalue weighted by atomic mass is 35.5. The minimum absolute atomic E-state index is 0.0391. The molecular weight excluding hydrogens is 375 g/mol. The molecule has 0 saturated heterocycles. The Morgan fingerprint density at radius 2 is 1.85 bits per heavy atom. The molecular formula is C18H14ClFN4O3. The maximum Gasteiger partial charge on any atom is 0.295 e. The minimum atomic E-state index is -0.530. The molecule has 27 heavy (non-hydrogen) atoms. The van der Waals surface area contributed by atoms with Crippen LogP contribution in [0.3, 0.4) is 0 Å². The number of amides is 1. The maximum absolute atomic E-state index is 13.1. The monoisotopic (exact) mass is 388 g/mol. The van der Waals surface area contributed by atoms with E-state index in [1.807, 2.05) is 0 Å². The topological polar surface area (TPSA) is 78.3 Å². The van der Waals surface area contributed by atoms with Crippen molar-refractivity contribution in [1.82, 2.24) is 14.8 Å². The van der Waals surface area contributed by atoms with Gasteiger partial charge in [-0.05, 0) is 31.2 Å². The van der Waals surface area contributed by atoms with Crippen molar-refractivity contribution in [3.8, 4) is 17.2 Å². The SMILES string of the molecule is Cc1nc(C(=O)Nc2cc3c(cc2Cl)OCCO3)nn1-c1ccc(F)cc1. The number of aryl methyl sites for hydroxylation is 1. The highest BCUT2D eigenvalue weighted by Crippen LogP contribution is 2.38.